The van der Waals surface area contributed by atoms with Gasteiger partial charge in [0.05, 0.1) is 44.1 Å². The molecule has 0 radical (unpaired) electrons. The zero-order valence-corrected chi connectivity index (χ0v) is 58.9. The monoisotopic (exact) mass is 1350 g/mol. The van der Waals surface area contributed by atoms with Gasteiger partial charge in [-0.1, -0.05) is 252 Å². The molecular weight excluding hydrogens is 1290 g/mol. The second-order valence-electron chi connectivity index (χ2n) is 29.9. The molecule has 0 amide bonds. The van der Waals surface area contributed by atoms with Crippen LogP contribution in [0.2, 0.25) is 0 Å². The first-order valence-electron chi connectivity index (χ1n) is 36.7. The van der Waals surface area contributed by atoms with Gasteiger partial charge in [0.25, 0.3) is 0 Å². The Bertz CT molecular complexity index is 7130. The fraction of sp³-hybridized carbons (Fsp3) is 0.0606. The van der Waals surface area contributed by atoms with Crippen molar-refractivity contribution >= 4 is 87.2 Å². The van der Waals surface area contributed by atoms with Gasteiger partial charge in [0.15, 0.2) is 11.6 Å². The Kier molecular flexibility index (Phi) is 12.8. The van der Waals surface area contributed by atoms with Gasteiger partial charge in [-0.3, -0.25) is 4.57 Å². The van der Waals surface area contributed by atoms with Crippen molar-refractivity contribution in [3.63, 3.8) is 0 Å². The number of nitrogens with zero attached hydrogens (tertiary/aromatic N) is 7. The van der Waals surface area contributed by atoms with Gasteiger partial charge < -0.3 is 13.7 Å². The number of rotatable bonds is 9. The first kappa shape index (κ1) is 60.1. The maximum absolute atomic E-state index is 5.40. The molecule has 20 aromatic rings. The van der Waals surface area contributed by atoms with Crippen LogP contribution in [-0.4, -0.2) is 33.2 Å². The standard InChI is InChI=1S/C99H67N7/c1-98(2)83-31-14-8-25-71(83)73-47-45-69(58-85(73)98)104-88-34-17-11-28-76(88)80-55-65(42-50-92(80)104)64-41-49-91-79(54-64)75-27-10-16-33-87(75)103(91)68-24-20-23-63(53-68)60-37-39-62(40-38-60)96-100-95(61-21-6-5-7-22-61)101-97(102-96)106-90-36-19-13-30-78(90)82-57-67(44-52-94(82)106)66-43-51-93-81(56-66)77-29-12-18-35-89(77)105(93)70-46-48-74-72-26-9-15-32-84(72)99(3,4)86(74)59-70/h5-59H,1-4H3. The number of para-hydroxylation sites is 4. The molecule has 15 aromatic carbocycles. The molecule has 5 aromatic heterocycles. The van der Waals surface area contributed by atoms with Gasteiger partial charge in [0.1, 0.15) is 0 Å². The lowest BCUT2D eigenvalue weighted by molar-refractivity contribution is 0.660. The first-order valence-corrected chi connectivity index (χ1v) is 36.7. The van der Waals surface area contributed by atoms with Crippen molar-refractivity contribution in [2.24, 2.45) is 0 Å². The van der Waals surface area contributed by atoms with Gasteiger partial charge in [-0.2, -0.15) is 9.97 Å². The van der Waals surface area contributed by atoms with Crippen molar-refractivity contribution in [2.75, 3.05) is 0 Å². The van der Waals surface area contributed by atoms with Crippen molar-refractivity contribution in [1.82, 2.24) is 33.2 Å². The van der Waals surface area contributed by atoms with Gasteiger partial charge in [-0.05, 0) is 187 Å². The average Bonchev–Trinajstić information content (AvgIpc) is 1.57. The molecule has 0 N–H and O–H groups in total. The molecule has 0 unspecified atom stereocenters. The van der Waals surface area contributed by atoms with Gasteiger partial charge in [0, 0.05) is 82.1 Å². The van der Waals surface area contributed by atoms with E-state index in [9.17, 15) is 0 Å². The van der Waals surface area contributed by atoms with Crippen LogP contribution < -0.4 is 0 Å². The fourth-order valence-electron chi connectivity index (χ4n) is 18.3. The third-order valence-corrected chi connectivity index (χ3v) is 23.4. The molecule has 7 heteroatoms. The Morgan fingerprint density at radius 2 is 0.509 bits per heavy atom. The van der Waals surface area contributed by atoms with E-state index in [1.54, 1.807) is 0 Å². The summed E-state index contributed by atoms with van der Waals surface area (Å²) >= 11 is 0. The highest BCUT2D eigenvalue weighted by Crippen LogP contribution is 2.52. The molecule has 0 saturated heterocycles. The zero-order chi connectivity index (χ0) is 70.3. The topological polar surface area (TPSA) is 58.4 Å². The second-order valence-corrected chi connectivity index (χ2v) is 29.9. The minimum Gasteiger partial charge on any atom is -0.309 e. The van der Waals surface area contributed by atoms with Crippen LogP contribution >= 0.6 is 0 Å². The van der Waals surface area contributed by atoms with Gasteiger partial charge in [0.2, 0.25) is 5.95 Å². The molecule has 0 spiro atoms. The Labute approximate surface area is 612 Å². The van der Waals surface area contributed by atoms with Crippen molar-refractivity contribution in [3.05, 3.63) is 356 Å². The minimum atomic E-state index is -0.106. The molecule has 0 bridgehead atoms. The molecule has 2 aliphatic rings. The van der Waals surface area contributed by atoms with Crippen molar-refractivity contribution in [2.45, 2.75) is 38.5 Å². The molecule has 7 nitrogen and oxygen atoms in total. The molecule has 0 saturated carbocycles. The molecule has 2 aliphatic carbocycles. The Morgan fingerprint density at radius 1 is 0.198 bits per heavy atom. The lowest BCUT2D eigenvalue weighted by atomic mass is 9.82. The van der Waals surface area contributed by atoms with Crippen LogP contribution in [0, 0.1) is 0 Å². The maximum Gasteiger partial charge on any atom is 0.238 e. The summed E-state index contributed by atoms with van der Waals surface area (Å²) in [6, 6.07) is 123. The van der Waals surface area contributed by atoms with Crippen LogP contribution in [0.25, 0.3) is 189 Å². The Balaban J connectivity index is 0.593. The average molecular weight is 1350 g/mol. The van der Waals surface area contributed by atoms with Crippen molar-refractivity contribution in [1.29, 1.82) is 0 Å². The summed E-state index contributed by atoms with van der Waals surface area (Å²) in [5.74, 6) is 1.75. The molecule has 0 fully saturated rings. The predicted octanol–water partition coefficient (Wildman–Crippen LogP) is 25.2. The van der Waals surface area contributed by atoms with Crippen molar-refractivity contribution in [3.8, 4) is 101 Å². The normalized spacial score (nSPS) is 13.4. The first-order chi connectivity index (χ1) is 52.1. The summed E-state index contributed by atoms with van der Waals surface area (Å²) in [6.45, 7) is 9.43. The van der Waals surface area contributed by atoms with Crippen LogP contribution in [0.1, 0.15) is 49.9 Å². The summed E-state index contributed by atoms with van der Waals surface area (Å²) in [5.41, 5.74) is 31.8. The smallest absolute Gasteiger partial charge is 0.238 e. The Morgan fingerprint density at radius 3 is 0.953 bits per heavy atom. The van der Waals surface area contributed by atoms with E-state index in [0.717, 1.165) is 71.9 Å². The molecule has 0 atom stereocenters. The van der Waals surface area contributed by atoms with Gasteiger partial charge in [-0.25, -0.2) is 4.98 Å². The third-order valence-electron chi connectivity index (χ3n) is 23.4. The second kappa shape index (κ2) is 22.5. The molecule has 5 heterocycles. The summed E-state index contributed by atoms with van der Waals surface area (Å²) in [7, 11) is 0. The minimum absolute atomic E-state index is 0.0963. The Hall–Kier alpha value is -13.5. The number of fused-ring (bicyclic) bond motifs is 18. The van der Waals surface area contributed by atoms with Crippen LogP contribution in [0.5, 0.6) is 0 Å². The molecular formula is C99H67N7. The SMILES string of the molecule is CC1(C)c2ccccc2-c2ccc(-n3c4ccccc4c4cc(-c5ccc6c(c5)c5ccccc5n6-c5cccc(-c6ccc(-c7nc(-c8ccccc8)nc(-n8c9ccccc9c9cc(-c%10ccc%11c(c%10)c%10ccccc%10n%11-c%10ccc%11c(c%10)C(C)(C)c%10ccccc%10-%11)ccc98)n7)cc6)c5)ccc43)cc21. The van der Waals surface area contributed by atoms with Crippen LogP contribution in [-0.2, 0) is 10.8 Å². The van der Waals surface area contributed by atoms with E-state index in [0.29, 0.717) is 17.6 Å². The van der Waals surface area contributed by atoms with E-state index in [1.165, 1.54) is 121 Å². The van der Waals surface area contributed by atoms with Crippen LogP contribution in [0.4, 0.5) is 0 Å². The zero-order valence-electron chi connectivity index (χ0n) is 58.9. The van der Waals surface area contributed by atoms with E-state index < -0.39 is 0 Å². The predicted molar refractivity (Wildman–Crippen MR) is 439 cm³/mol. The fourth-order valence-corrected chi connectivity index (χ4v) is 18.3. The van der Waals surface area contributed by atoms with Crippen LogP contribution in [0.3, 0.4) is 0 Å². The number of benzene rings is 15. The lowest BCUT2D eigenvalue weighted by Gasteiger charge is -2.22. The maximum atomic E-state index is 5.40. The quantitative estimate of drug-likeness (QED) is 0.145. The van der Waals surface area contributed by atoms with Gasteiger partial charge >= 0.3 is 0 Å². The van der Waals surface area contributed by atoms with E-state index in [2.05, 4.69) is 361 Å². The highest BCUT2D eigenvalue weighted by Gasteiger charge is 2.37. The van der Waals surface area contributed by atoms with E-state index in [-0.39, 0.29) is 10.8 Å². The molecule has 498 valence electrons. The third kappa shape index (κ3) is 8.83. The summed E-state index contributed by atoms with van der Waals surface area (Å²) in [5, 5.41) is 9.59. The van der Waals surface area contributed by atoms with E-state index >= 15 is 0 Å². The van der Waals surface area contributed by atoms with Gasteiger partial charge in [-0.15, -0.1) is 0 Å². The van der Waals surface area contributed by atoms with E-state index in [4.69, 9.17) is 15.0 Å². The summed E-state index contributed by atoms with van der Waals surface area (Å²) < 4.78 is 9.53. The number of aromatic nitrogens is 7. The van der Waals surface area contributed by atoms with Crippen LogP contribution in [0.15, 0.2) is 334 Å². The highest BCUT2D eigenvalue weighted by atomic mass is 15.2. The largest absolute Gasteiger partial charge is 0.309 e. The van der Waals surface area contributed by atoms with E-state index in [1.807, 2.05) is 18.2 Å². The highest BCUT2D eigenvalue weighted by molar-refractivity contribution is 6.15. The number of hydrogen-bond donors (Lipinski definition) is 0. The summed E-state index contributed by atoms with van der Waals surface area (Å²) in [4.78, 5) is 16.0. The number of hydrogen-bond acceptors (Lipinski definition) is 3. The summed E-state index contributed by atoms with van der Waals surface area (Å²) in [6.07, 6.45) is 0. The van der Waals surface area contributed by atoms with Crippen molar-refractivity contribution < 1.29 is 0 Å². The molecule has 22 rings (SSSR count). The molecule has 106 heavy (non-hydrogen) atoms. The lowest BCUT2D eigenvalue weighted by Crippen LogP contribution is -2.15. The molecule has 0 aliphatic heterocycles.